The van der Waals surface area contributed by atoms with E-state index in [-0.39, 0.29) is 17.4 Å². The van der Waals surface area contributed by atoms with Crippen LogP contribution in [0.15, 0.2) is 12.1 Å². The van der Waals surface area contributed by atoms with Gasteiger partial charge in [-0.3, -0.25) is 9.69 Å². The maximum Gasteiger partial charge on any atom is 0.326 e. The molecule has 3 heterocycles. The molecule has 192 valence electrons. The number of carbonyl (C=O) groups excluding carboxylic acids is 1. The molecule has 35 heavy (non-hydrogen) atoms. The molecule has 0 radical (unpaired) electrons. The second-order valence-corrected chi connectivity index (χ2v) is 11.1. The molecular weight excluding hydrogens is 444 g/mol. The number of anilines is 1. The van der Waals surface area contributed by atoms with Gasteiger partial charge in [0.25, 0.3) is 0 Å². The number of fused-ring (bicyclic) bond motifs is 4. The van der Waals surface area contributed by atoms with Crippen molar-refractivity contribution in [2.24, 2.45) is 11.3 Å². The molecule has 4 fully saturated rings. The highest BCUT2D eigenvalue weighted by Gasteiger charge is 2.46. The molecule has 1 saturated heterocycles. The number of aromatic nitrogens is 1. The molecule has 2 bridgehead atoms. The second-order valence-electron chi connectivity index (χ2n) is 11.1. The summed E-state index contributed by atoms with van der Waals surface area (Å²) >= 11 is 0. The van der Waals surface area contributed by atoms with Crippen LogP contribution >= 0.6 is 0 Å². The van der Waals surface area contributed by atoms with Crippen LogP contribution in [0.25, 0.3) is 0 Å². The number of aliphatic carboxylic acids is 1. The highest BCUT2D eigenvalue weighted by Crippen LogP contribution is 2.50. The summed E-state index contributed by atoms with van der Waals surface area (Å²) in [6.07, 6.45) is 10.7. The van der Waals surface area contributed by atoms with E-state index < -0.39 is 12.0 Å². The Morgan fingerprint density at radius 2 is 2.00 bits per heavy atom. The number of piperidine rings is 1. The van der Waals surface area contributed by atoms with Gasteiger partial charge in [0.05, 0.1) is 11.8 Å². The fraction of sp³-hybridized carbons (Fsp3) is 0.741. The number of likely N-dealkylation sites (tertiary alicyclic amines) is 1. The monoisotopic (exact) mass is 484 g/mol. The summed E-state index contributed by atoms with van der Waals surface area (Å²) in [5, 5.41) is 16.0. The Kier molecular flexibility index (Phi) is 7.58. The molecule has 0 aromatic carbocycles. The van der Waals surface area contributed by atoms with Crippen molar-refractivity contribution < 1.29 is 19.4 Å². The van der Waals surface area contributed by atoms with Crippen molar-refractivity contribution in [2.45, 2.75) is 89.3 Å². The fourth-order valence-corrected chi connectivity index (χ4v) is 6.49. The molecule has 6 rings (SSSR count). The smallest absolute Gasteiger partial charge is 0.326 e. The zero-order chi connectivity index (χ0) is 24.3. The molecule has 5 aliphatic rings. The number of aryl methyl sites for hydroxylation is 1. The molecule has 1 amide bonds. The molecule has 1 aromatic rings. The molecule has 0 spiro atoms. The normalized spacial score (nSPS) is 29.1. The molecule has 2 aliphatic heterocycles. The summed E-state index contributed by atoms with van der Waals surface area (Å²) in [5.74, 6) is 0.767. The average molecular weight is 485 g/mol. The van der Waals surface area contributed by atoms with Crippen LogP contribution in [-0.2, 0) is 27.3 Å². The highest BCUT2D eigenvalue weighted by atomic mass is 16.5. The lowest BCUT2D eigenvalue weighted by molar-refractivity contribution is -0.147. The van der Waals surface area contributed by atoms with Gasteiger partial charge in [0.2, 0.25) is 5.91 Å². The van der Waals surface area contributed by atoms with E-state index in [1.165, 1.54) is 5.56 Å². The number of carbonyl (C=O) groups is 2. The van der Waals surface area contributed by atoms with Crippen LogP contribution < -0.4 is 10.6 Å². The molecular formula is C27H40N4O4. The largest absolute Gasteiger partial charge is 0.480 e. The van der Waals surface area contributed by atoms with Crippen molar-refractivity contribution >= 4 is 17.7 Å². The average Bonchev–Trinajstić information content (AvgIpc) is 2.89. The fourth-order valence-electron chi connectivity index (χ4n) is 6.49. The van der Waals surface area contributed by atoms with E-state index in [9.17, 15) is 14.7 Å². The lowest BCUT2D eigenvalue weighted by Crippen LogP contribution is -2.52. The quantitative estimate of drug-likeness (QED) is 0.494. The van der Waals surface area contributed by atoms with Crippen LogP contribution in [-0.4, -0.2) is 65.3 Å². The van der Waals surface area contributed by atoms with Gasteiger partial charge in [0.15, 0.2) is 0 Å². The number of amides is 1. The number of carboxylic acid groups (broad SMARTS) is 1. The first-order valence-electron chi connectivity index (χ1n) is 13.6. The molecule has 0 unspecified atom stereocenters. The van der Waals surface area contributed by atoms with Gasteiger partial charge in [0, 0.05) is 38.1 Å². The third-order valence-corrected chi connectivity index (χ3v) is 8.74. The van der Waals surface area contributed by atoms with Gasteiger partial charge >= 0.3 is 5.97 Å². The van der Waals surface area contributed by atoms with Crippen molar-refractivity contribution in [1.82, 2.24) is 15.2 Å². The summed E-state index contributed by atoms with van der Waals surface area (Å²) in [7, 11) is 0. The molecule has 3 N–H and O–H groups in total. The maximum atomic E-state index is 13.0. The van der Waals surface area contributed by atoms with E-state index >= 15 is 0 Å². The molecule has 3 aliphatic carbocycles. The standard InChI is InChI=1S/C27H40N4O4/c32-25(33)23(30-26(34)27-11-7-19(8-12-27)9-13-27)10-16-35-22-4-2-15-31(18-22)17-21-6-5-20-3-1-14-28-24(20)29-21/h5-6,19,22-23H,1-4,7-18H2,(H,28,29)(H,30,34)(H,32,33)/t19?,22-,23+,27?/m1/s1. The van der Waals surface area contributed by atoms with Crippen molar-refractivity contribution in [3.05, 3.63) is 23.4 Å². The third kappa shape index (κ3) is 5.80. The Bertz CT molecular complexity index is 901. The van der Waals surface area contributed by atoms with Gasteiger partial charge in [-0.25, -0.2) is 9.78 Å². The lowest BCUT2D eigenvalue weighted by Gasteiger charge is -2.45. The number of hydrogen-bond donors (Lipinski definition) is 3. The molecule has 1 aromatic heterocycles. The number of pyridine rings is 1. The van der Waals surface area contributed by atoms with Crippen LogP contribution in [0.2, 0.25) is 0 Å². The Morgan fingerprint density at radius 3 is 2.77 bits per heavy atom. The molecule has 8 heteroatoms. The number of carboxylic acids is 1. The Labute approximate surface area is 208 Å². The van der Waals surface area contributed by atoms with E-state index in [2.05, 4.69) is 27.7 Å². The maximum absolute atomic E-state index is 13.0. The second kappa shape index (κ2) is 10.8. The first-order valence-corrected chi connectivity index (χ1v) is 13.6. The van der Waals surface area contributed by atoms with Gasteiger partial charge in [0.1, 0.15) is 11.9 Å². The number of hydrogen-bond acceptors (Lipinski definition) is 6. The summed E-state index contributed by atoms with van der Waals surface area (Å²) in [6, 6.07) is 3.44. The summed E-state index contributed by atoms with van der Waals surface area (Å²) in [5.41, 5.74) is 2.03. The number of nitrogens with zero attached hydrogens (tertiary/aromatic N) is 2. The zero-order valence-corrected chi connectivity index (χ0v) is 20.8. The van der Waals surface area contributed by atoms with Crippen LogP contribution in [0.4, 0.5) is 5.82 Å². The SMILES string of the molecule is O=C(O)[C@H](CCO[C@@H]1CCCN(Cc2ccc3c(n2)NCCC3)C1)NC(=O)C12CCC(CC1)CC2. The number of ether oxygens (including phenoxy) is 1. The summed E-state index contributed by atoms with van der Waals surface area (Å²) < 4.78 is 6.12. The Morgan fingerprint density at radius 1 is 1.20 bits per heavy atom. The zero-order valence-electron chi connectivity index (χ0n) is 20.8. The van der Waals surface area contributed by atoms with Crippen molar-refractivity contribution in [3.8, 4) is 0 Å². The van der Waals surface area contributed by atoms with Crippen molar-refractivity contribution in [1.29, 1.82) is 0 Å². The van der Waals surface area contributed by atoms with Crippen LogP contribution in [0.3, 0.4) is 0 Å². The molecule has 2 atom stereocenters. The van der Waals surface area contributed by atoms with Crippen LogP contribution in [0.1, 0.15) is 75.5 Å². The summed E-state index contributed by atoms with van der Waals surface area (Å²) in [4.78, 5) is 32.1. The predicted molar refractivity (Wildman–Crippen MR) is 133 cm³/mol. The van der Waals surface area contributed by atoms with Crippen molar-refractivity contribution in [3.63, 3.8) is 0 Å². The summed E-state index contributed by atoms with van der Waals surface area (Å²) in [6.45, 7) is 3.96. The van der Waals surface area contributed by atoms with Gasteiger partial charge in [-0.05, 0) is 88.3 Å². The van der Waals surface area contributed by atoms with E-state index in [0.29, 0.717) is 13.0 Å². The highest BCUT2D eigenvalue weighted by molar-refractivity contribution is 5.87. The minimum absolute atomic E-state index is 0.0565. The van der Waals surface area contributed by atoms with Crippen LogP contribution in [0, 0.1) is 11.3 Å². The number of nitrogens with one attached hydrogen (secondary N) is 2. The predicted octanol–water partition coefficient (Wildman–Crippen LogP) is 3.35. The number of rotatable bonds is 9. The van der Waals surface area contributed by atoms with Gasteiger partial charge < -0.3 is 20.5 Å². The Balaban J connectivity index is 1.08. The third-order valence-electron chi connectivity index (χ3n) is 8.74. The van der Waals surface area contributed by atoms with Gasteiger partial charge in [-0.1, -0.05) is 6.07 Å². The van der Waals surface area contributed by atoms with Crippen LogP contribution in [0.5, 0.6) is 0 Å². The van der Waals surface area contributed by atoms with E-state index in [1.54, 1.807) is 0 Å². The Hall–Kier alpha value is -2.19. The van der Waals surface area contributed by atoms with E-state index in [0.717, 1.165) is 108 Å². The minimum atomic E-state index is -0.972. The van der Waals surface area contributed by atoms with E-state index in [1.807, 2.05) is 0 Å². The molecule has 8 nitrogen and oxygen atoms in total. The molecule has 3 saturated carbocycles. The van der Waals surface area contributed by atoms with Gasteiger partial charge in [-0.15, -0.1) is 0 Å². The first kappa shape index (κ1) is 24.5. The first-order chi connectivity index (χ1) is 17.0. The van der Waals surface area contributed by atoms with E-state index in [4.69, 9.17) is 9.72 Å². The minimum Gasteiger partial charge on any atom is -0.480 e. The van der Waals surface area contributed by atoms with Gasteiger partial charge in [-0.2, -0.15) is 0 Å². The lowest BCUT2D eigenvalue weighted by atomic mass is 9.60. The van der Waals surface area contributed by atoms with Crippen molar-refractivity contribution in [2.75, 3.05) is 31.6 Å². The topological polar surface area (TPSA) is 104 Å².